The lowest BCUT2D eigenvalue weighted by atomic mass is 10.2. The van der Waals surface area contributed by atoms with Crippen LogP contribution < -0.4 is 10.1 Å². The van der Waals surface area contributed by atoms with Gasteiger partial charge in [-0.15, -0.1) is 0 Å². The Kier molecular flexibility index (Phi) is 8.76. The van der Waals surface area contributed by atoms with Gasteiger partial charge in [0.1, 0.15) is 18.2 Å². The maximum Gasteiger partial charge on any atom is 0.335 e. The summed E-state index contributed by atoms with van der Waals surface area (Å²) in [6.07, 6.45) is 0. The van der Waals surface area contributed by atoms with Crippen molar-refractivity contribution in [2.75, 3.05) is 44.6 Å². The third kappa shape index (κ3) is 7.44. The molecule has 0 aromatic heterocycles. The second kappa shape index (κ2) is 12.4. The van der Waals surface area contributed by atoms with E-state index in [1.165, 1.54) is 12.1 Å². The number of ether oxygens (including phenoxy) is 1. The van der Waals surface area contributed by atoms with Crippen LogP contribution in [0.5, 0.6) is 5.75 Å². The average Bonchev–Trinajstić information content (AvgIpc) is 2.89. The van der Waals surface area contributed by atoms with E-state index in [0.29, 0.717) is 29.8 Å². The minimum absolute atomic E-state index is 0.198. The zero-order chi connectivity index (χ0) is 25.3. The van der Waals surface area contributed by atoms with Crippen molar-refractivity contribution in [1.82, 2.24) is 9.80 Å². The Hall–Kier alpha value is -3.62. The quantitative estimate of drug-likeness (QED) is 0.333. The number of nitrogens with zero attached hydrogens (tertiary/aromatic N) is 3. The number of benzene rings is 3. The van der Waals surface area contributed by atoms with Crippen LogP contribution in [-0.4, -0.2) is 66.2 Å². The molecule has 4 rings (SSSR count). The Balaban J connectivity index is 1.38. The van der Waals surface area contributed by atoms with Crippen LogP contribution in [0.25, 0.3) is 0 Å². The van der Waals surface area contributed by atoms with Crippen molar-refractivity contribution in [2.24, 2.45) is 4.99 Å². The standard InChI is InChI=1S/C27H28ClFN4O3/c28-22-6-10-25(11-7-22)36-17-16-32-12-14-33(15-13-32)27(30-19-20-4-8-23(29)9-5-20)31-24-3-1-2-21(18-24)26(34)35/h1-11,18H,12-17,19H2,(H,30,31)(H,34,35). The van der Waals surface area contributed by atoms with Crippen LogP contribution in [0.2, 0.25) is 5.02 Å². The van der Waals surface area contributed by atoms with E-state index in [4.69, 9.17) is 21.3 Å². The molecule has 1 aliphatic rings. The molecule has 0 amide bonds. The van der Waals surface area contributed by atoms with Gasteiger partial charge in [0.2, 0.25) is 0 Å². The van der Waals surface area contributed by atoms with Gasteiger partial charge in [0, 0.05) is 43.4 Å². The maximum atomic E-state index is 13.3. The highest BCUT2D eigenvalue weighted by Gasteiger charge is 2.20. The Morgan fingerprint density at radius 2 is 1.75 bits per heavy atom. The first-order chi connectivity index (χ1) is 17.5. The number of guanidine groups is 1. The third-order valence-corrected chi connectivity index (χ3v) is 6.10. The summed E-state index contributed by atoms with van der Waals surface area (Å²) in [6.45, 7) is 4.90. The van der Waals surface area contributed by atoms with Crippen LogP contribution in [0.1, 0.15) is 15.9 Å². The molecular weight excluding hydrogens is 483 g/mol. The highest BCUT2D eigenvalue weighted by Crippen LogP contribution is 2.16. The lowest BCUT2D eigenvalue weighted by Gasteiger charge is -2.36. The van der Waals surface area contributed by atoms with Crippen LogP contribution in [-0.2, 0) is 6.54 Å². The molecule has 1 aliphatic heterocycles. The molecule has 0 bridgehead atoms. The van der Waals surface area contributed by atoms with E-state index in [9.17, 15) is 14.3 Å². The molecule has 0 atom stereocenters. The van der Waals surface area contributed by atoms with Crippen molar-refractivity contribution in [1.29, 1.82) is 0 Å². The second-order valence-electron chi connectivity index (χ2n) is 8.41. The van der Waals surface area contributed by atoms with Gasteiger partial charge in [-0.25, -0.2) is 14.2 Å². The van der Waals surface area contributed by atoms with Gasteiger partial charge >= 0.3 is 5.97 Å². The SMILES string of the molecule is O=C(O)c1cccc(NC(=NCc2ccc(F)cc2)N2CCN(CCOc3ccc(Cl)cc3)CC2)c1. The highest BCUT2D eigenvalue weighted by molar-refractivity contribution is 6.30. The van der Waals surface area contributed by atoms with Crippen LogP contribution in [0.4, 0.5) is 10.1 Å². The fourth-order valence-corrected chi connectivity index (χ4v) is 3.97. The van der Waals surface area contributed by atoms with E-state index in [0.717, 1.165) is 44.0 Å². The summed E-state index contributed by atoms with van der Waals surface area (Å²) >= 11 is 5.92. The van der Waals surface area contributed by atoms with Gasteiger partial charge in [-0.05, 0) is 60.2 Å². The molecule has 188 valence electrons. The smallest absolute Gasteiger partial charge is 0.335 e. The second-order valence-corrected chi connectivity index (χ2v) is 8.84. The molecule has 0 aliphatic carbocycles. The molecule has 3 aromatic carbocycles. The molecule has 0 unspecified atom stereocenters. The van der Waals surface area contributed by atoms with Crippen LogP contribution >= 0.6 is 11.6 Å². The number of piperazine rings is 1. The zero-order valence-electron chi connectivity index (χ0n) is 19.7. The summed E-state index contributed by atoms with van der Waals surface area (Å²) in [5, 5.41) is 13.3. The lowest BCUT2D eigenvalue weighted by Crippen LogP contribution is -2.51. The molecular formula is C27H28ClFN4O3. The molecule has 1 fully saturated rings. The first-order valence-electron chi connectivity index (χ1n) is 11.7. The predicted octanol–water partition coefficient (Wildman–Crippen LogP) is 4.84. The molecule has 0 spiro atoms. The van der Waals surface area contributed by atoms with E-state index in [2.05, 4.69) is 15.1 Å². The molecule has 36 heavy (non-hydrogen) atoms. The number of carbonyl (C=O) groups is 1. The number of nitrogens with one attached hydrogen (secondary N) is 1. The number of hydrogen-bond acceptors (Lipinski definition) is 4. The number of carboxylic acids is 1. The summed E-state index contributed by atoms with van der Waals surface area (Å²) < 4.78 is 19.1. The Morgan fingerprint density at radius 3 is 2.44 bits per heavy atom. The average molecular weight is 511 g/mol. The molecule has 0 saturated carbocycles. The van der Waals surface area contributed by atoms with Crippen molar-refractivity contribution in [3.05, 3.63) is 94.8 Å². The van der Waals surface area contributed by atoms with Gasteiger partial charge in [0.05, 0.1) is 12.1 Å². The van der Waals surface area contributed by atoms with Gasteiger partial charge in [0.15, 0.2) is 5.96 Å². The van der Waals surface area contributed by atoms with E-state index in [1.807, 2.05) is 30.3 Å². The first kappa shape index (κ1) is 25.5. The Labute approximate surface area is 214 Å². The molecule has 1 heterocycles. The number of aromatic carboxylic acids is 1. The van der Waals surface area contributed by atoms with Crippen molar-refractivity contribution < 1.29 is 19.0 Å². The van der Waals surface area contributed by atoms with Gasteiger partial charge in [-0.3, -0.25) is 4.90 Å². The van der Waals surface area contributed by atoms with Gasteiger partial charge in [-0.2, -0.15) is 0 Å². The number of rotatable bonds is 8. The summed E-state index contributed by atoms with van der Waals surface area (Å²) in [5.41, 5.74) is 1.72. The van der Waals surface area contributed by atoms with Crippen molar-refractivity contribution in [3.8, 4) is 5.75 Å². The predicted molar refractivity (Wildman–Crippen MR) is 140 cm³/mol. The Bertz CT molecular complexity index is 1180. The minimum Gasteiger partial charge on any atom is -0.492 e. The summed E-state index contributed by atoms with van der Waals surface area (Å²) in [5.74, 6) is 0.167. The molecule has 3 aromatic rings. The van der Waals surface area contributed by atoms with E-state index in [1.54, 1.807) is 30.3 Å². The zero-order valence-corrected chi connectivity index (χ0v) is 20.5. The Morgan fingerprint density at radius 1 is 1.03 bits per heavy atom. The molecule has 7 nitrogen and oxygen atoms in total. The van der Waals surface area contributed by atoms with Crippen molar-refractivity contribution >= 4 is 29.2 Å². The van der Waals surface area contributed by atoms with Crippen molar-refractivity contribution in [2.45, 2.75) is 6.54 Å². The largest absolute Gasteiger partial charge is 0.492 e. The lowest BCUT2D eigenvalue weighted by molar-refractivity contribution is 0.0697. The van der Waals surface area contributed by atoms with Crippen molar-refractivity contribution in [3.63, 3.8) is 0 Å². The van der Waals surface area contributed by atoms with E-state index >= 15 is 0 Å². The number of anilines is 1. The fraction of sp³-hybridized carbons (Fsp3) is 0.259. The number of aliphatic imine (C=N–C) groups is 1. The number of hydrogen-bond donors (Lipinski definition) is 2. The third-order valence-electron chi connectivity index (χ3n) is 5.85. The van der Waals surface area contributed by atoms with Crippen LogP contribution in [0, 0.1) is 5.82 Å². The summed E-state index contributed by atoms with van der Waals surface area (Å²) in [6, 6.07) is 20.2. The van der Waals surface area contributed by atoms with E-state index in [-0.39, 0.29) is 11.4 Å². The summed E-state index contributed by atoms with van der Waals surface area (Å²) in [4.78, 5) is 20.6. The van der Waals surface area contributed by atoms with Gasteiger partial charge < -0.3 is 20.1 Å². The molecule has 2 N–H and O–H groups in total. The van der Waals surface area contributed by atoms with Crippen LogP contribution in [0.15, 0.2) is 77.8 Å². The highest BCUT2D eigenvalue weighted by atomic mass is 35.5. The first-order valence-corrected chi connectivity index (χ1v) is 12.1. The van der Waals surface area contributed by atoms with Gasteiger partial charge in [0.25, 0.3) is 0 Å². The normalized spacial score (nSPS) is 14.5. The topological polar surface area (TPSA) is 77.4 Å². The summed E-state index contributed by atoms with van der Waals surface area (Å²) in [7, 11) is 0. The number of halogens is 2. The van der Waals surface area contributed by atoms with Crippen LogP contribution in [0.3, 0.4) is 0 Å². The minimum atomic E-state index is -0.988. The molecule has 9 heteroatoms. The molecule has 1 saturated heterocycles. The van der Waals surface area contributed by atoms with Gasteiger partial charge in [-0.1, -0.05) is 29.8 Å². The fourth-order valence-electron chi connectivity index (χ4n) is 3.84. The monoisotopic (exact) mass is 510 g/mol. The number of carboxylic acid groups (broad SMARTS) is 1. The maximum absolute atomic E-state index is 13.3. The molecule has 0 radical (unpaired) electrons. The van der Waals surface area contributed by atoms with E-state index < -0.39 is 5.97 Å².